The molecule has 6 nitrogen and oxygen atoms in total. The van der Waals surface area contributed by atoms with Crippen LogP contribution in [0.15, 0.2) is 29.3 Å². The Morgan fingerprint density at radius 1 is 1.28 bits per heavy atom. The molecule has 1 aliphatic rings. The minimum atomic E-state index is -0.0919. The molecule has 0 heterocycles. The number of carbonyl (C=O) groups excluding carboxylic acids is 1. The molecule has 1 aromatic rings. The van der Waals surface area contributed by atoms with Crippen LogP contribution in [0.5, 0.6) is 5.75 Å². The molecular formula is C19H30N4O2. The summed E-state index contributed by atoms with van der Waals surface area (Å²) >= 11 is 0. The van der Waals surface area contributed by atoms with E-state index in [-0.39, 0.29) is 5.91 Å². The highest BCUT2D eigenvalue weighted by Gasteiger charge is 2.18. The summed E-state index contributed by atoms with van der Waals surface area (Å²) in [6.45, 7) is 4.99. The minimum Gasteiger partial charge on any atom is -0.492 e. The highest BCUT2D eigenvalue weighted by atomic mass is 16.5. The number of aliphatic imine (C=N–C) groups is 1. The van der Waals surface area contributed by atoms with E-state index in [0.717, 1.165) is 23.3 Å². The summed E-state index contributed by atoms with van der Waals surface area (Å²) < 4.78 is 5.73. The van der Waals surface area contributed by atoms with Crippen LogP contribution in [-0.2, 0) is 4.79 Å². The molecule has 6 heteroatoms. The van der Waals surface area contributed by atoms with Gasteiger partial charge in [0.05, 0.1) is 6.54 Å². The van der Waals surface area contributed by atoms with Gasteiger partial charge in [-0.25, -0.2) is 0 Å². The number of ether oxygens (including phenoxy) is 1. The summed E-state index contributed by atoms with van der Waals surface area (Å²) in [5, 5.41) is 9.53. The quantitative estimate of drug-likeness (QED) is 0.421. The Kier molecular flexibility index (Phi) is 7.57. The number of benzene rings is 1. The lowest BCUT2D eigenvalue weighted by Crippen LogP contribution is -2.45. The number of nitrogens with zero attached hydrogens (tertiary/aromatic N) is 1. The van der Waals surface area contributed by atoms with Crippen molar-refractivity contribution in [2.45, 2.75) is 45.6 Å². The molecule has 0 aliphatic heterocycles. The number of anilines is 1. The standard InChI is InChI=1S/C19H30N4O2/c1-14-7-9-16(10-8-14)23-19(20-3)21-11-12-25-18-6-4-5-17(13-18)22-15(2)24/h4-6,13-14,16H,7-12H2,1-3H3,(H,22,24)(H2,20,21,23). The van der Waals surface area contributed by atoms with Gasteiger partial charge in [0.1, 0.15) is 12.4 Å². The van der Waals surface area contributed by atoms with Crippen LogP contribution in [0.2, 0.25) is 0 Å². The zero-order valence-corrected chi connectivity index (χ0v) is 15.5. The van der Waals surface area contributed by atoms with Crippen molar-refractivity contribution in [1.82, 2.24) is 10.6 Å². The summed E-state index contributed by atoms with van der Waals surface area (Å²) in [5.74, 6) is 2.31. The molecule has 0 spiro atoms. The molecule has 1 saturated carbocycles. The molecule has 1 amide bonds. The maximum Gasteiger partial charge on any atom is 0.221 e. The van der Waals surface area contributed by atoms with Gasteiger partial charge in [-0.15, -0.1) is 0 Å². The molecule has 0 bridgehead atoms. The second-order valence-electron chi connectivity index (χ2n) is 6.66. The third-order valence-corrected chi connectivity index (χ3v) is 4.40. The number of guanidine groups is 1. The Morgan fingerprint density at radius 3 is 2.72 bits per heavy atom. The van der Waals surface area contributed by atoms with E-state index in [1.165, 1.54) is 32.6 Å². The first-order valence-corrected chi connectivity index (χ1v) is 9.04. The normalized spacial score (nSPS) is 20.7. The van der Waals surface area contributed by atoms with Crippen LogP contribution in [0.25, 0.3) is 0 Å². The second kappa shape index (κ2) is 9.91. The van der Waals surface area contributed by atoms with Gasteiger partial charge in [-0.3, -0.25) is 9.79 Å². The van der Waals surface area contributed by atoms with Gasteiger partial charge in [0.2, 0.25) is 5.91 Å². The number of rotatable bonds is 6. The van der Waals surface area contributed by atoms with Gasteiger partial charge < -0.3 is 20.7 Å². The van der Waals surface area contributed by atoms with Crippen molar-refractivity contribution in [2.24, 2.45) is 10.9 Å². The summed E-state index contributed by atoms with van der Waals surface area (Å²) in [6, 6.07) is 7.90. The van der Waals surface area contributed by atoms with E-state index in [0.29, 0.717) is 19.2 Å². The molecule has 1 aliphatic carbocycles. The van der Waals surface area contributed by atoms with Gasteiger partial charge in [0.25, 0.3) is 0 Å². The smallest absolute Gasteiger partial charge is 0.221 e. The first-order valence-electron chi connectivity index (χ1n) is 9.04. The Hall–Kier alpha value is -2.24. The van der Waals surface area contributed by atoms with Crippen molar-refractivity contribution in [1.29, 1.82) is 0 Å². The van der Waals surface area contributed by atoms with E-state index in [1.54, 1.807) is 7.05 Å². The maximum atomic E-state index is 11.1. The topological polar surface area (TPSA) is 74.8 Å². The van der Waals surface area contributed by atoms with Gasteiger partial charge in [-0.2, -0.15) is 0 Å². The molecule has 1 aromatic carbocycles. The van der Waals surface area contributed by atoms with Gasteiger partial charge >= 0.3 is 0 Å². The Balaban J connectivity index is 1.69. The SMILES string of the molecule is CN=C(NCCOc1cccc(NC(C)=O)c1)NC1CCC(C)CC1. The monoisotopic (exact) mass is 346 g/mol. The van der Waals surface area contributed by atoms with E-state index in [4.69, 9.17) is 4.74 Å². The Labute approximate surface area is 150 Å². The average molecular weight is 346 g/mol. The van der Waals surface area contributed by atoms with E-state index >= 15 is 0 Å². The van der Waals surface area contributed by atoms with Crippen LogP contribution in [0.4, 0.5) is 5.69 Å². The van der Waals surface area contributed by atoms with Crippen molar-refractivity contribution in [2.75, 3.05) is 25.5 Å². The molecule has 138 valence electrons. The Morgan fingerprint density at radius 2 is 2.04 bits per heavy atom. The summed E-state index contributed by atoms with van der Waals surface area (Å²) in [7, 11) is 1.79. The summed E-state index contributed by atoms with van der Waals surface area (Å²) in [5.41, 5.74) is 0.738. The summed E-state index contributed by atoms with van der Waals surface area (Å²) in [6.07, 6.45) is 4.97. The predicted octanol–water partition coefficient (Wildman–Crippen LogP) is 2.77. The molecule has 1 fully saturated rings. The van der Waals surface area contributed by atoms with Crippen molar-refractivity contribution in [3.05, 3.63) is 24.3 Å². The molecule has 0 unspecified atom stereocenters. The van der Waals surface area contributed by atoms with E-state index in [1.807, 2.05) is 24.3 Å². The van der Waals surface area contributed by atoms with Crippen LogP contribution in [-0.4, -0.2) is 38.1 Å². The van der Waals surface area contributed by atoms with Crippen molar-refractivity contribution < 1.29 is 9.53 Å². The van der Waals surface area contributed by atoms with Gasteiger partial charge in [0.15, 0.2) is 5.96 Å². The van der Waals surface area contributed by atoms with Crippen molar-refractivity contribution in [3.8, 4) is 5.75 Å². The zero-order chi connectivity index (χ0) is 18.1. The maximum absolute atomic E-state index is 11.1. The van der Waals surface area contributed by atoms with Crippen LogP contribution < -0.4 is 20.7 Å². The molecule has 0 atom stereocenters. The molecule has 0 aromatic heterocycles. The van der Waals surface area contributed by atoms with Gasteiger partial charge in [-0.05, 0) is 43.7 Å². The molecule has 2 rings (SSSR count). The summed E-state index contributed by atoms with van der Waals surface area (Å²) in [4.78, 5) is 15.4. The lowest BCUT2D eigenvalue weighted by molar-refractivity contribution is -0.114. The number of nitrogens with one attached hydrogen (secondary N) is 3. The van der Waals surface area contributed by atoms with Crippen molar-refractivity contribution in [3.63, 3.8) is 0 Å². The lowest BCUT2D eigenvalue weighted by atomic mass is 9.87. The largest absolute Gasteiger partial charge is 0.492 e. The van der Waals surface area contributed by atoms with Gasteiger partial charge in [-0.1, -0.05) is 13.0 Å². The molecule has 0 radical (unpaired) electrons. The minimum absolute atomic E-state index is 0.0919. The fourth-order valence-electron chi connectivity index (χ4n) is 3.00. The highest BCUT2D eigenvalue weighted by Crippen LogP contribution is 2.23. The van der Waals surface area contributed by atoms with Crippen LogP contribution in [0.1, 0.15) is 39.5 Å². The number of hydrogen-bond donors (Lipinski definition) is 3. The molecule has 3 N–H and O–H groups in total. The third-order valence-electron chi connectivity index (χ3n) is 4.40. The second-order valence-corrected chi connectivity index (χ2v) is 6.66. The predicted molar refractivity (Wildman–Crippen MR) is 102 cm³/mol. The van der Waals surface area contributed by atoms with E-state index < -0.39 is 0 Å². The number of carbonyl (C=O) groups is 1. The zero-order valence-electron chi connectivity index (χ0n) is 15.5. The third kappa shape index (κ3) is 7.03. The lowest BCUT2D eigenvalue weighted by Gasteiger charge is -2.28. The van der Waals surface area contributed by atoms with Crippen LogP contribution in [0, 0.1) is 5.92 Å². The molecule has 0 saturated heterocycles. The first-order chi connectivity index (χ1) is 12.1. The van der Waals surface area contributed by atoms with Crippen molar-refractivity contribution >= 4 is 17.6 Å². The number of amides is 1. The van der Waals surface area contributed by atoms with Crippen LogP contribution >= 0.6 is 0 Å². The van der Waals surface area contributed by atoms with E-state index in [9.17, 15) is 4.79 Å². The van der Waals surface area contributed by atoms with Crippen LogP contribution in [0.3, 0.4) is 0 Å². The Bertz CT molecular complexity index is 581. The fraction of sp³-hybridized carbons (Fsp3) is 0.579. The fourth-order valence-corrected chi connectivity index (χ4v) is 3.00. The highest BCUT2D eigenvalue weighted by molar-refractivity contribution is 5.88. The first kappa shape index (κ1) is 19.1. The van der Waals surface area contributed by atoms with Gasteiger partial charge in [0, 0.05) is 31.8 Å². The van der Waals surface area contributed by atoms with E-state index in [2.05, 4.69) is 27.9 Å². The average Bonchev–Trinajstić information content (AvgIpc) is 2.59. The molecule has 25 heavy (non-hydrogen) atoms. The molecular weight excluding hydrogens is 316 g/mol. The number of hydrogen-bond acceptors (Lipinski definition) is 3.